The maximum atomic E-state index is 13.2. The Morgan fingerprint density at radius 2 is 1.82 bits per heavy atom. The van der Waals surface area contributed by atoms with Gasteiger partial charge in [0.05, 0.1) is 5.69 Å². The van der Waals surface area contributed by atoms with Crippen LogP contribution in [0.15, 0.2) is 65.5 Å². The number of amides is 1. The molecule has 142 valence electrons. The minimum atomic E-state index is -0.751. The van der Waals surface area contributed by atoms with E-state index < -0.39 is 6.04 Å². The second-order valence-electron chi connectivity index (χ2n) is 6.91. The fourth-order valence-electron chi connectivity index (χ4n) is 3.57. The molecule has 0 bridgehead atoms. The number of aromatic nitrogens is 2. The first-order valence-corrected chi connectivity index (χ1v) is 9.30. The van der Waals surface area contributed by atoms with Gasteiger partial charge in [-0.3, -0.25) is 9.59 Å². The van der Waals surface area contributed by atoms with Gasteiger partial charge in [0.2, 0.25) is 0 Å². The van der Waals surface area contributed by atoms with Crippen molar-refractivity contribution >= 4 is 11.6 Å². The number of carbonyl (C=O) groups excluding carboxylic acids is 1. The van der Waals surface area contributed by atoms with E-state index in [-0.39, 0.29) is 17.3 Å². The third-order valence-corrected chi connectivity index (χ3v) is 5.07. The first kappa shape index (κ1) is 18.1. The summed E-state index contributed by atoms with van der Waals surface area (Å²) in [6.45, 7) is 2.30. The molecule has 6 heteroatoms. The number of fused-ring (bicyclic) bond motifs is 1. The molecule has 0 aliphatic carbocycles. The number of halogens is 1. The van der Waals surface area contributed by atoms with E-state index in [0.29, 0.717) is 17.8 Å². The molecule has 0 saturated carbocycles. The van der Waals surface area contributed by atoms with Gasteiger partial charge < -0.3 is 4.90 Å². The number of rotatable bonds is 3. The molecule has 1 unspecified atom stereocenters. The van der Waals surface area contributed by atoms with Gasteiger partial charge in [-0.15, -0.1) is 0 Å². The van der Waals surface area contributed by atoms with Gasteiger partial charge in [-0.05, 0) is 61.7 Å². The molecule has 2 heterocycles. The second kappa shape index (κ2) is 7.38. The van der Waals surface area contributed by atoms with Crippen LogP contribution in [-0.4, -0.2) is 22.2 Å². The molecule has 3 aromatic rings. The largest absolute Gasteiger partial charge is 0.310 e. The van der Waals surface area contributed by atoms with Gasteiger partial charge in [0.25, 0.3) is 11.5 Å². The summed E-state index contributed by atoms with van der Waals surface area (Å²) in [6.07, 6.45) is 1.82. The maximum Gasteiger partial charge on any atom is 0.267 e. The third kappa shape index (κ3) is 3.33. The lowest BCUT2D eigenvalue weighted by Gasteiger charge is -2.31. The smallest absolute Gasteiger partial charge is 0.267 e. The molecule has 1 aliphatic rings. The predicted molar refractivity (Wildman–Crippen MR) is 106 cm³/mol. The van der Waals surface area contributed by atoms with Crippen molar-refractivity contribution in [2.75, 3.05) is 11.4 Å². The first-order valence-electron chi connectivity index (χ1n) is 9.30. The van der Waals surface area contributed by atoms with Gasteiger partial charge >= 0.3 is 0 Å². The van der Waals surface area contributed by atoms with Gasteiger partial charge in [-0.25, -0.2) is 9.07 Å². The Balaban J connectivity index is 1.67. The van der Waals surface area contributed by atoms with E-state index in [2.05, 4.69) is 5.10 Å². The number of para-hydroxylation sites is 1. The molecule has 0 spiro atoms. The molecular formula is C22H20FN3O2. The summed E-state index contributed by atoms with van der Waals surface area (Å²) in [6, 6.07) is 15.9. The van der Waals surface area contributed by atoms with Crippen molar-refractivity contribution in [1.29, 1.82) is 0 Å². The lowest BCUT2D eigenvalue weighted by molar-refractivity contribution is -0.121. The lowest BCUT2D eigenvalue weighted by Crippen LogP contribution is -2.42. The standard InChI is InChI=1S/C22H20FN3O2/c1-15(22(28)25-14-4-6-17-5-2-3-7-20(17)25)26-21(27)13-12-19(24-26)16-8-10-18(23)11-9-16/h2-3,5,7-13,15H,4,6,14H2,1H3. The Bertz CT molecular complexity index is 1080. The molecule has 1 amide bonds. The van der Waals surface area contributed by atoms with Crippen LogP contribution < -0.4 is 10.5 Å². The van der Waals surface area contributed by atoms with Crippen molar-refractivity contribution in [2.24, 2.45) is 0 Å². The lowest BCUT2D eigenvalue weighted by atomic mass is 10.0. The Hall–Kier alpha value is -3.28. The van der Waals surface area contributed by atoms with Crippen LogP contribution in [0, 0.1) is 5.82 Å². The van der Waals surface area contributed by atoms with Crippen LogP contribution in [0.4, 0.5) is 10.1 Å². The second-order valence-corrected chi connectivity index (χ2v) is 6.91. The Morgan fingerprint density at radius 3 is 2.61 bits per heavy atom. The Kier molecular flexibility index (Phi) is 4.77. The van der Waals surface area contributed by atoms with Gasteiger partial charge in [0.15, 0.2) is 0 Å². The molecule has 4 rings (SSSR count). The predicted octanol–water partition coefficient (Wildman–Crippen LogP) is 3.59. The quantitative estimate of drug-likeness (QED) is 0.701. The molecular weight excluding hydrogens is 357 g/mol. The van der Waals surface area contributed by atoms with Crippen molar-refractivity contribution < 1.29 is 9.18 Å². The fourth-order valence-corrected chi connectivity index (χ4v) is 3.57. The van der Waals surface area contributed by atoms with E-state index in [4.69, 9.17) is 0 Å². The molecule has 28 heavy (non-hydrogen) atoms. The Labute approximate surface area is 162 Å². The molecule has 1 aromatic heterocycles. The van der Waals surface area contributed by atoms with Crippen LogP contribution in [0.1, 0.15) is 24.9 Å². The van der Waals surface area contributed by atoms with Crippen LogP contribution in [0.5, 0.6) is 0 Å². The van der Waals surface area contributed by atoms with Crippen LogP contribution in [0.3, 0.4) is 0 Å². The molecule has 0 saturated heterocycles. The van der Waals surface area contributed by atoms with Gasteiger partial charge in [0, 0.05) is 23.9 Å². The molecule has 1 aliphatic heterocycles. The van der Waals surface area contributed by atoms with Gasteiger partial charge in [0.1, 0.15) is 11.9 Å². The zero-order valence-electron chi connectivity index (χ0n) is 15.5. The number of aryl methyl sites for hydroxylation is 1. The van der Waals surface area contributed by atoms with Crippen LogP contribution in [0.25, 0.3) is 11.3 Å². The van der Waals surface area contributed by atoms with E-state index >= 15 is 0 Å². The maximum absolute atomic E-state index is 13.2. The SMILES string of the molecule is CC(C(=O)N1CCCc2ccccc21)n1nc(-c2ccc(F)cc2)ccc1=O. The highest BCUT2D eigenvalue weighted by atomic mass is 19.1. The summed E-state index contributed by atoms with van der Waals surface area (Å²) < 4.78 is 14.4. The number of hydrogen-bond donors (Lipinski definition) is 0. The molecule has 5 nitrogen and oxygen atoms in total. The average Bonchev–Trinajstić information content (AvgIpc) is 2.73. The summed E-state index contributed by atoms with van der Waals surface area (Å²) in [5.74, 6) is -0.512. The zero-order valence-corrected chi connectivity index (χ0v) is 15.5. The summed E-state index contributed by atoms with van der Waals surface area (Å²) in [4.78, 5) is 27.3. The average molecular weight is 377 g/mol. The van der Waals surface area contributed by atoms with Gasteiger partial charge in [-0.2, -0.15) is 5.10 Å². The van der Waals surface area contributed by atoms with Crippen LogP contribution in [-0.2, 0) is 11.2 Å². The highest BCUT2D eigenvalue weighted by Crippen LogP contribution is 2.28. The number of nitrogens with zero attached hydrogens (tertiary/aromatic N) is 3. The van der Waals surface area contributed by atoms with E-state index in [1.807, 2.05) is 24.3 Å². The molecule has 1 atom stereocenters. The van der Waals surface area contributed by atoms with E-state index in [0.717, 1.165) is 24.1 Å². The van der Waals surface area contributed by atoms with Crippen molar-refractivity contribution in [3.8, 4) is 11.3 Å². The van der Waals surface area contributed by atoms with Crippen LogP contribution in [0.2, 0.25) is 0 Å². The highest BCUT2D eigenvalue weighted by Gasteiger charge is 2.28. The van der Waals surface area contributed by atoms with Crippen LogP contribution >= 0.6 is 0 Å². The number of anilines is 1. The minimum absolute atomic E-state index is 0.169. The Morgan fingerprint density at radius 1 is 1.07 bits per heavy atom. The van der Waals surface area contributed by atoms with Crippen molar-refractivity contribution in [3.05, 3.63) is 82.4 Å². The number of carbonyl (C=O) groups is 1. The molecule has 0 fully saturated rings. The highest BCUT2D eigenvalue weighted by molar-refractivity contribution is 5.97. The normalized spacial score (nSPS) is 14.4. The number of benzene rings is 2. The summed E-state index contributed by atoms with van der Waals surface area (Å²) >= 11 is 0. The van der Waals surface area contributed by atoms with E-state index in [9.17, 15) is 14.0 Å². The number of hydrogen-bond acceptors (Lipinski definition) is 3. The van der Waals surface area contributed by atoms with Crippen molar-refractivity contribution in [2.45, 2.75) is 25.8 Å². The molecule has 0 N–H and O–H groups in total. The van der Waals surface area contributed by atoms with Gasteiger partial charge in [-0.1, -0.05) is 18.2 Å². The molecule has 2 aromatic carbocycles. The monoisotopic (exact) mass is 377 g/mol. The van der Waals surface area contributed by atoms with Crippen molar-refractivity contribution in [1.82, 2.24) is 9.78 Å². The van der Waals surface area contributed by atoms with E-state index in [1.165, 1.54) is 22.9 Å². The zero-order chi connectivity index (χ0) is 19.7. The third-order valence-electron chi connectivity index (χ3n) is 5.07. The van der Waals surface area contributed by atoms with E-state index in [1.54, 1.807) is 30.0 Å². The first-order chi connectivity index (χ1) is 13.5. The van der Waals surface area contributed by atoms with Crippen molar-refractivity contribution in [3.63, 3.8) is 0 Å². The summed E-state index contributed by atoms with van der Waals surface area (Å²) in [5, 5.41) is 4.38. The topological polar surface area (TPSA) is 55.2 Å². The molecule has 0 radical (unpaired) electrons. The summed E-state index contributed by atoms with van der Waals surface area (Å²) in [7, 11) is 0. The fraction of sp³-hybridized carbons (Fsp3) is 0.227. The summed E-state index contributed by atoms with van der Waals surface area (Å²) in [5.41, 5.74) is 2.87. The minimum Gasteiger partial charge on any atom is -0.310 e.